The van der Waals surface area contributed by atoms with E-state index in [2.05, 4.69) is 210 Å². The highest BCUT2D eigenvalue weighted by atomic mass is 32.1. The summed E-state index contributed by atoms with van der Waals surface area (Å²) in [5, 5.41) is 11.4. The molecule has 1 aliphatic rings. The Hall–Kier alpha value is -10.7. The summed E-state index contributed by atoms with van der Waals surface area (Å²) in [6.45, 7) is 0. The third-order valence-corrected chi connectivity index (χ3v) is 14.8. The molecule has 0 atom stereocenters. The Balaban J connectivity index is 1.13. The van der Waals surface area contributed by atoms with Gasteiger partial charge in [-0.15, -0.1) is 12.8 Å². The highest BCUT2D eigenvalue weighted by Crippen LogP contribution is 2.40. The molecule has 0 fully saturated rings. The van der Waals surface area contributed by atoms with Gasteiger partial charge in [0.25, 0.3) is 0 Å². The molecule has 380 valence electrons. The molecule has 5 heteroatoms. The quantitative estimate of drug-likeness (QED) is 0.0728. The molecule has 12 rings (SSSR count). The van der Waals surface area contributed by atoms with Gasteiger partial charge in [0, 0.05) is 33.4 Å². The van der Waals surface area contributed by atoms with E-state index >= 15 is 0 Å². The highest BCUT2D eigenvalue weighted by Gasteiger charge is 2.30. The number of thiol groups is 1. The third kappa shape index (κ3) is 10.2. The maximum Gasteiger partial charge on any atom is 0.107 e. The van der Waals surface area contributed by atoms with Crippen LogP contribution in [0.5, 0.6) is 0 Å². The fourth-order valence-electron chi connectivity index (χ4n) is 10.8. The minimum atomic E-state index is 0.159. The maximum absolute atomic E-state index is 10.3. The second-order valence-electron chi connectivity index (χ2n) is 19.5. The summed E-state index contributed by atoms with van der Waals surface area (Å²) in [5.74, 6) is 5.52. The molecule has 11 aromatic rings. The van der Waals surface area contributed by atoms with Crippen molar-refractivity contribution in [2.75, 3.05) is 0 Å². The predicted molar refractivity (Wildman–Crippen MR) is 339 cm³/mol. The summed E-state index contributed by atoms with van der Waals surface area (Å²) < 4.78 is 4.68. The van der Waals surface area contributed by atoms with Gasteiger partial charge >= 0.3 is 0 Å². The molecule has 1 heterocycles. The zero-order valence-corrected chi connectivity index (χ0v) is 44.9. The first kappa shape index (κ1) is 51.1. The average molecular weight is 1050 g/mol. The molecule has 1 aliphatic carbocycles. The van der Waals surface area contributed by atoms with Crippen LogP contribution >= 0.6 is 12.8 Å². The summed E-state index contributed by atoms with van der Waals surface area (Å²) in [4.78, 5) is 11.3. The number of terminal acetylenes is 2. The van der Waals surface area contributed by atoms with Crippen LogP contribution in [0.1, 0.15) is 66.8 Å². The average Bonchev–Trinajstić information content (AvgIpc) is 3.55. The molecule has 0 saturated heterocycles. The fraction of sp³-hybridized carbons (Fsp3) is 0. The van der Waals surface area contributed by atoms with Crippen molar-refractivity contribution in [1.29, 1.82) is 5.41 Å². The van der Waals surface area contributed by atoms with Crippen molar-refractivity contribution in [2.45, 2.75) is 0 Å². The van der Waals surface area contributed by atoms with Crippen molar-refractivity contribution in [1.82, 2.24) is 9.97 Å². The van der Waals surface area contributed by atoms with E-state index in [1.165, 1.54) is 0 Å². The van der Waals surface area contributed by atoms with Gasteiger partial charge in [0.1, 0.15) is 16.4 Å². The Morgan fingerprint density at radius 1 is 0.321 bits per heavy atom. The lowest BCUT2D eigenvalue weighted by atomic mass is 9.83. The van der Waals surface area contributed by atoms with Gasteiger partial charge in [0.15, 0.2) is 0 Å². The summed E-state index contributed by atoms with van der Waals surface area (Å²) in [6.07, 6.45) is 11.8. The second kappa shape index (κ2) is 23.1. The fourth-order valence-corrected chi connectivity index (χ4v) is 11.0. The molecular formula is C76H50N4S. The Labute approximate surface area is 478 Å². The van der Waals surface area contributed by atoms with Gasteiger partial charge in [-0.25, -0.2) is 14.4 Å². The van der Waals surface area contributed by atoms with Crippen LogP contribution in [0, 0.1) is 30.1 Å². The van der Waals surface area contributed by atoms with Gasteiger partial charge in [-0.2, -0.15) is 0 Å². The van der Waals surface area contributed by atoms with Crippen molar-refractivity contribution in [3.05, 3.63) is 357 Å². The molecule has 4 nitrogen and oxygen atoms in total. The summed E-state index contributed by atoms with van der Waals surface area (Å²) in [5.41, 5.74) is 20.5. The Bertz CT molecular complexity index is 4360. The number of hydrogen-bond acceptors (Lipinski definition) is 5. The van der Waals surface area contributed by atoms with E-state index in [4.69, 9.17) is 35.6 Å². The van der Waals surface area contributed by atoms with Gasteiger partial charge in [-0.3, -0.25) is 5.41 Å². The first-order chi connectivity index (χ1) is 40.0. The van der Waals surface area contributed by atoms with Crippen molar-refractivity contribution in [3.8, 4) is 47.2 Å². The Morgan fingerprint density at radius 3 is 0.840 bits per heavy atom. The van der Waals surface area contributed by atoms with Crippen LogP contribution in [0.4, 0.5) is 0 Å². The second-order valence-corrected chi connectivity index (χ2v) is 19.7. The van der Waals surface area contributed by atoms with Crippen LogP contribution in [0.2, 0.25) is 0 Å². The van der Waals surface area contributed by atoms with Crippen molar-refractivity contribution in [3.63, 3.8) is 0 Å². The topological polar surface area (TPSA) is 62.0 Å². The van der Waals surface area contributed by atoms with Gasteiger partial charge < -0.3 is 0 Å². The number of benzene rings is 10. The number of nitrogens with zero attached hydrogens (tertiary/aromatic N) is 3. The van der Waals surface area contributed by atoms with Gasteiger partial charge in [0.2, 0.25) is 0 Å². The minimum absolute atomic E-state index is 0.159. The molecule has 81 heavy (non-hydrogen) atoms. The van der Waals surface area contributed by atoms with E-state index in [1.807, 2.05) is 84.9 Å². The highest BCUT2D eigenvalue weighted by molar-refractivity contribution is 7.79. The lowest BCUT2D eigenvalue weighted by molar-refractivity contribution is 1.09. The molecule has 0 spiro atoms. The lowest BCUT2D eigenvalue weighted by Crippen LogP contribution is -2.45. The molecule has 0 amide bonds. The molecule has 0 bridgehead atoms. The normalized spacial score (nSPS) is 12.2. The van der Waals surface area contributed by atoms with E-state index < -0.39 is 0 Å². The van der Waals surface area contributed by atoms with E-state index in [1.54, 1.807) is 0 Å². The van der Waals surface area contributed by atoms with E-state index in [0.29, 0.717) is 38.9 Å². The monoisotopic (exact) mass is 1050 g/mol. The third-order valence-electron chi connectivity index (χ3n) is 14.6. The number of hydrogen-bond donors (Lipinski definition) is 2. The molecule has 0 unspecified atom stereocenters. The molecule has 0 saturated carbocycles. The van der Waals surface area contributed by atoms with E-state index in [0.717, 1.165) is 100 Å². The van der Waals surface area contributed by atoms with E-state index in [9.17, 15) is 5.41 Å². The van der Waals surface area contributed by atoms with Crippen LogP contribution in [-0.4, -0.2) is 21.4 Å². The van der Waals surface area contributed by atoms with Crippen LogP contribution in [0.25, 0.3) is 56.0 Å². The van der Waals surface area contributed by atoms with Gasteiger partial charge in [0.05, 0.1) is 17.1 Å². The van der Waals surface area contributed by atoms with Crippen LogP contribution in [-0.2, 0) is 0 Å². The van der Waals surface area contributed by atoms with E-state index in [-0.39, 0.29) is 5.71 Å². The smallest absolute Gasteiger partial charge is 0.107 e. The Kier molecular flexibility index (Phi) is 14.6. The standard InChI is InChI=1S/C76H50N4S/c1-3-51-35-39-63(40-36-51)72-73(64-41-37-52(4-2)38-42-64)79-76-70(62-49-45-60(46-50-62)68(58-33-21-10-22-34-58)66(55-27-15-7-16-28-55)56-29-17-8-18-30-56)74(80-81)71(77)69(75(76)78-72)61-47-43-59(44-48-61)67(57-31-19-9-20-32-57)65(53-23-11-5-12-24-53)54-25-13-6-14-26-54/h1-2,5-50,77,81H/b77-71?,80-74-. The minimum Gasteiger partial charge on any atom is -0.298 e. The number of nitrogens with one attached hydrogen (secondary N) is 1. The summed E-state index contributed by atoms with van der Waals surface area (Å²) in [6, 6.07) is 95.7. The number of aromatic nitrogens is 2. The lowest BCUT2D eigenvalue weighted by Gasteiger charge is -2.22. The molecule has 1 aromatic heterocycles. The first-order valence-corrected chi connectivity index (χ1v) is 27.0. The van der Waals surface area contributed by atoms with Crippen molar-refractivity contribution < 1.29 is 0 Å². The van der Waals surface area contributed by atoms with Crippen molar-refractivity contribution >= 4 is 57.7 Å². The van der Waals surface area contributed by atoms with Crippen LogP contribution < -0.4 is 10.7 Å². The molecular weight excluding hydrogens is 1000 g/mol. The van der Waals surface area contributed by atoms with Crippen molar-refractivity contribution in [2.24, 2.45) is 4.40 Å². The molecule has 0 aliphatic heterocycles. The summed E-state index contributed by atoms with van der Waals surface area (Å²) in [7, 11) is 0. The Morgan fingerprint density at radius 2 is 0.568 bits per heavy atom. The van der Waals surface area contributed by atoms with Gasteiger partial charge in [-0.1, -0.05) is 267 Å². The predicted octanol–water partition coefficient (Wildman–Crippen LogP) is 15.5. The van der Waals surface area contributed by atoms with Crippen LogP contribution in [0.3, 0.4) is 0 Å². The maximum atomic E-state index is 10.3. The number of fused-ring (bicyclic) bond motifs is 1. The molecule has 0 radical (unpaired) electrons. The van der Waals surface area contributed by atoms with Crippen LogP contribution in [0.15, 0.2) is 283 Å². The molecule has 10 aromatic carbocycles. The molecule has 1 N–H and O–H groups in total. The SMILES string of the molecule is C#Cc1ccc(-c2nc3c(nc2-c2ccc(C#C)cc2)=C(c2ccc(C(=C(c4ccccc4)c4ccccc4)c4ccccc4)cc2)/C(=N/S)C(=N)C=3c2ccc(C(=C(c3ccccc3)c3ccccc3)c3ccccc3)cc2)cc1. The largest absolute Gasteiger partial charge is 0.298 e. The zero-order chi connectivity index (χ0) is 55.1. The summed E-state index contributed by atoms with van der Waals surface area (Å²) >= 11 is 4.69. The van der Waals surface area contributed by atoms with Gasteiger partial charge in [-0.05, 0) is 115 Å². The first-order valence-electron chi connectivity index (χ1n) is 26.6. The zero-order valence-electron chi connectivity index (χ0n) is 44.0. The number of rotatable bonds is 12.